The van der Waals surface area contributed by atoms with Crippen LogP contribution in [0.15, 0.2) is 0 Å². The number of nitrogen functional groups attached to an aromatic ring is 1. The number of halogens is 6. The highest BCUT2D eigenvalue weighted by atomic mass is 19.4. The van der Waals surface area contributed by atoms with Crippen molar-refractivity contribution in [3.05, 3.63) is 0 Å². The maximum absolute atomic E-state index is 11.8. The molecule has 0 aliphatic rings. The smallest absolute Gasteiger partial charge is 0.422 e. The number of nitrogens with two attached hydrogens (primary N) is 1. The van der Waals surface area contributed by atoms with Crippen molar-refractivity contribution in [2.24, 2.45) is 0 Å². The van der Waals surface area contributed by atoms with E-state index >= 15 is 0 Å². The van der Waals surface area contributed by atoms with Gasteiger partial charge in [-0.3, -0.25) is 0 Å². The van der Waals surface area contributed by atoms with Gasteiger partial charge in [-0.05, 0) is 0 Å². The molecule has 1 aromatic rings. The summed E-state index contributed by atoms with van der Waals surface area (Å²) in [5, 5.41) is 0. The van der Waals surface area contributed by atoms with Crippen LogP contribution in [0.25, 0.3) is 0 Å². The van der Waals surface area contributed by atoms with Crippen molar-refractivity contribution in [2.75, 3.05) is 18.9 Å². The first kappa shape index (κ1) is 15.0. The molecule has 0 spiro atoms. The second-order valence-electron chi connectivity index (χ2n) is 3.07. The number of alkyl halides is 6. The van der Waals surface area contributed by atoms with Crippen LogP contribution in [0.2, 0.25) is 0 Å². The monoisotopic (exact) mass is 292 g/mol. The predicted molar refractivity (Wildman–Crippen MR) is 47.3 cm³/mol. The molecule has 0 atom stereocenters. The first-order chi connectivity index (χ1) is 8.55. The van der Waals surface area contributed by atoms with Gasteiger partial charge in [0, 0.05) is 0 Å². The van der Waals surface area contributed by atoms with Crippen LogP contribution < -0.4 is 15.2 Å². The summed E-state index contributed by atoms with van der Waals surface area (Å²) in [5.74, 6) is -0.635. The summed E-state index contributed by atoms with van der Waals surface area (Å²) in [6, 6.07) is -1.77. The second-order valence-corrected chi connectivity index (χ2v) is 3.07. The third-order valence-electron chi connectivity index (χ3n) is 1.34. The van der Waals surface area contributed by atoms with Crippen LogP contribution in [-0.2, 0) is 0 Å². The van der Waals surface area contributed by atoms with E-state index in [1.165, 1.54) is 0 Å². The Hall–Kier alpha value is -2.01. The maximum Gasteiger partial charge on any atom is 0.422 e. The van der Waals surface area contributed by atoms with Gasteiger partial charge in [0.25, 0.3) is 0 Å². The van der Waals surface area contributed by atoms with Crippen molar-refractivity contribution in [3.63, 3.8) is 0 Å². The lowest BCUT2D eigenvalue weighted by atomic mass is 10.7. The Kier molecular flexibility index (Phi) is 4.21. The topological polar surface area (TPSA) is 83.2 Å². The Balaban J connectivity index is 2.71. The SMILES string of the molecule is Nc1nc(OCC(F)(F)F)nc(OCC(F)(F)F)n1. The molecular weight excluding hydrogens is 286 g/mol. The molecule has 0 radical (unpaired) electrons. The lowest BCUT2D eigenvalue weighted by Gasteiger charge is -2.10. The van der Waals surface area contributed by atoms with Crippen molar-refractivity contribution in [1.29, 1.82) is 0 Å². The van der Waals surface area contributed by atoms with Gasteiger partial charge in [-0.15, -0.1) is 4.98 Å². The Labute approximate surface area is 101 Å². The zero-order valence-electron chi connectivity index (χ0n) is 8.92. The largest absolute Gasteiger partial charge is 0.454 e. The molecule has 1 heterocycles. The number of nitrogens with zero attached hydrogens (tertiary/aromatic N) is 3. The molecule has 2 N–H and O–H groups in total. The molecule has 19 heavy (non-hydrogen) atoms. The molecule has 0 fully saturated rings. The minimum Gasteiger partial charge on any atom is -0.454 e. The summed E-state index contributed by atoms with van der Waals surface area (Å²) in [7, 11) is 0. The van der Waals surface area contributed by atoms with E-state index in [9.17, 15) is 26.3 Å². The highest BCUT2D eigenvalue weighted by Gasteiger charge is 2.30. The molecule has 6 nitrogen and oxygen atoms in total. The summed E-state index contributed by atoms with van der Waals surface area (Å²) in [5.41, 5.74) is 5.05. The average molecular weight is 292 g/mol. The Bertz CT molecular complexity index is 398. The molecule has 0 bridgehead atoms. The van der Waals surface area contributed by atoms with Gasteiger partial charge in [-0.2, -0.15) is 36.3 Å². The molecule has 0 saturated carbocycles. The molecule has 0 unspecified atom stereocenters. The van der Waals surface area contributed by atoms with Crippen molar-refractivity contribution >= 4 is 5.95 Å². The van der Waals surface area contributed by atoms with Gasteiger partial charge in [0.2, 0.25) is 5.95 Å². The van der Waals surface area contributed by atoms with E-state index in [2.05, 4.69) is 24.4 Å². The number of anilines is 1. The van der Waals surface area contributed by atoms with Crippen molar-refractivity contribution in [3.8, 4) is 12.0 Å². The number of ether oxygens (including phenoxy) is 2. The molecule has 0 aliphatic carbocycles. The quantitative estimate of drug-likeness (QED) is 0.843. The molecule has 12 heteroatoms. The molecule has 0 aromatic carbocycles. The molecule has 1 rings (SSSR count). The number of hydrogen-bond acceptors (Lipinski definition) is 6. The Morgan fingerprint density at radius 3 is 1.47 bits per heavy atom. The molecule has 108 valence electrons. The van der Waals surface area contributed by atoms with E-state index in [0.29, 0.717) is 0 Å². The summed E-state index contributed by atoms with van der Waals surface area (Å²) in [6.07, 6.45) is -9.32. The van der Waals surface area contributed by atoms with E-state index in [1.54, 1.807) is 0 Å². The van der Waals surface area contributed by atoms with Gasteiger partial charge in [0.05, 0.1) is 0 Å². The summed E-state index contributed by atoms with van der Waals surface area (Å²) in [4.78, 5) is 9.40. The third kappa shape index (κ3) is 6.47. The summed E-state index contributed by atoms with van der Waals surface area (Å²) in [6.45, 7) is -3.45. The van der Waals surface area contributed by atoms with Crippen LogP contribution in [0.4, 0.5) is 32.3 Å². The van der Waals surface area contributed by atoms with Gasteiger partial charge in [0.1, 0.15) is 0 Å². The Morgan fingerprint density at radius 2 is 1.16 bits per heavy atom. The van der Waals surface area contributed by atoms with Crippen LogP contribution in [0.3, 0.4) is 0 Å². The van der Waals surface area contributed by atoms with Crippen LogP contribution >= 0.6 is 0 Å². The molecular formula is C7H6F6N4O2. The van der Waals surface area contributed by atoms with Crippen molar-refractivity contribution < 1.29 is 35.8 Å². The normalized spacial score (nSPS) is 12.3. The van der Waals surface area contributed by atoms with Gasteiger partial charge < -0.3 is 15.2 Å². The van der Waals surface area contributed by atoms with E-state index in [4.69, 9.17) is 5.73 Å². The summed E-state index contributed by atoms with van der Waals surface area (Å²) < 4.78 is 79.2. The van der Waals surface area contributed by atoms with E-state index in [-0.39, 0.29) is 0 Å². The summed E-state index contributed by atoms with van der Waals surface area (Å²) >= 11 is 0. The van der Waals surface area contributed by atoms with Crippen LogP contribution in [-0.4, -0.2) is 40.5 Å². The van der Waals surface area contributed by atoms with E-state index < -0.39 is 43.5 Å². The van der Waals surface area contributed by atoms with Crippen LogP contribution in [0, 0.1) is 0 Å². The Morgan fingerprint density at radius 1 is 0.789 bits per heavy atom. The lowest BCUT2D eigenvalue weighted by molar-refractivity contribution is -0.156. The number of hydrogen-bond donors (Lipinski definition) is 1. The van der Waals surface area contributed by atoms with Gasteiger partial charge >= 0.3 is 24.4 Å². The van der Waals surface area contributed by atoms with E-state index in [0.717, 1.165) is 0 Å². The van der Waals surface area contributed by atoms with Crippen molar-refractivity contribution in [2.45, 2.75) is 12.4 Å². The van der Waals surface area contributed by atoms with Gasteiger partial charge in [-0.25, -0.2) is 0 Å². The van der Waals surface area contributed by atoms with Crippen LogP contribution in [0.5, 0.6) is 12.0 Å². The van der Waals surface area contributed by atoms with Crippen molar-refractivity contribution in [1.82, 2.24) is 15.0 Å². The first-order valence-corrected chi connectivity index (χ1v) is 4.46. The fourth-order valence-electron chi connectivity index (χ4n) is 0.775. The zero-order chi connectivity index (χ0) is 14.7. The van der Waals surface area contributed by atoms with E-state index in [1.807, 2.05) is 0 Å². The number of aromatic nitrogens is 3. The maximum atomic E-state index is 11.8. The number of rotatable bonds is 4. The fourth-order valence-corrected chi connectivity index (χ4v) is 0.775. The first-order valence-electron chi connectivity index (χ1n) is 4.46. The molecule has 0 amide bonds. The minimum absolute atomic E-state index is 0.635. The van der Waals surface area contributed by atoms with Crippen LogP contribution in [0.1, 0.15) is 0 Å². The van der Waals surface area contributed by atoms with Gasteiger partial charge in [-0.1, -0.05) is 0 Å². The lowest BCUT2D eigenvalue weighted by Crippen LogP contribution is -2.22. The zero-order valence-corrected chi connectivity index (χ0v) is 8.92. The highest BCUT2D eigenvalue weighted by molar-refractivity contribution is 5.20. The molecule has 1 aromatic heterocycles. The standard InChI is InChI=1S/C7H6F6N4O2/c8-6(9,10)1-18-4-15-3(14)16-5(17-4)19-2-7(11,12)13/h1-2H2,(H2,14,15,16,17). The molecule has 0 saturated heterocycles. The minimum atomic E-state index is -4.66. The average Bonchev–Trinajstić information content (AvgIpc) is 2.21. The highest BCUT2D eigenvalue weighted by Crippen LogP contribution is 2.19. The molecule has 0 aliphatic heterocycles. The second kappa shape index (κ2) is 5.32. The van der Waals surface area contributed by atoms with Gasteiger partial charge in [0.15, 0.2) is 13.2 Å². The third-order valence-corrected chi connectivity index (χ3v) is 1.34. The predicted octanol–water partition coefficient (Wildman–Crippen LogP) is 1.34. The fraction of sp³-hybridized carbons (Fsp3) is 0.571.